The van der Waals surface area contributed by atoms with Gasteiger partial charge in [0.1, 0.15) is 0 Å². The number of aromatic amines is 4. The van der Waals surface area contributed by atoms with Crippen molar-refractivity contribution in [2.75, 3.05) is 0 Å². The molecule has 1 aliphatic heterocycles. The van der Waals surface area contributed by atoms with Gasteiger partial charge in [-0.1, -0.05) is 105 Å². The molecule has 4 nitrogen and oxygen atoms in total. The minimum Gasteiger partial charge on any atom is -0.355 e. The third-order valence-corrected chi connectivity index (χ3v) is 15.5. The Morgan fingerprint density at radius 1 is 0.321 bits per heavy atom. The minimum atomic E-state index is 0.633. The van der Waals surface area contributed by atoms with Crippen molar-refractivity contribution in [1.82, 2.24) is 19.9 Å². The Morgan fingerprint density at radius 2 is 0.607 bits per heavy atom. The molecule has 0 amide bonds. The summed E-state index contributed by atoms with van der Waals surface area (Å²) < 4.78 is 0. The number of fused-ring (bicyclic) bond motifs is 8. The van der Waals surface area contributed by atoms with E-state index < -0.39 is 0 Å². The number of aromatic nitrogens is 4. The van der Waals surface area contributed by atoms with Crippen molar-refractivity contribution in [2.24, 2.45) is 0 Å². The normalized spacial score (nSPS) is 20.4. The van der Waals surface area contributed by atoms with E-state index in [9.17, 15) is 0 Å². The van der Waals surface area contributed by atoms with Gasteiger partial charge in [0.2, 0.25) is 0 Å². The second-order valence-electron chi connectivity index (χ2n) is 18.7. The summed E-state index contributed by atoms with van der Waals surface area (Å²) in [4.78, 5) is 16.8. The van der Waals surface area contributed by atoms with Crippen LogP contribution in [0.15, 0.2) is 0 Å². The molecular weight excluding hydrogens is 681 g/mol. The van der Waals surface area contributed by atoms with E-state index in [0.29, 0.717) is 23.7 Å². The van der Waals surface area contributed by atoms with Gasteiger partial charge in [-0.3, -0.25) is 0 Å². The van der Waals surface area contributed by atoms with Crippen LogP contribution in [0.4, 0.5) is 0 Å². The van der Waals surface area contributed by atoms with Crippen molar-refractivity contribution in [3.8, 4) is 0 Å². The van der Waals surface area contributed by atoms with Crippen molar-refractivity contribution in [3.63, 3.8) is 0 Å². The van der Waals surface area contributed by atoms with E-state index in [0.717, 1.165) is 25.7 Å². The first-order valence-electron chi connectivity index (χ1n) is 24.0. The molecule has 8 bridgehead atoms. The largest absolute Gasteiger partial charge is 0.355 e. The summed E-state index contributed by atoms with van der Waals surface area (Å²) >= 11 is 0. The van der Waals surface area contributed by atoms with Crippen LogP contribution in [0.1, 0.15) is 247 Å². The van der Waals surface area contributed by atoms with Gasteiger partial charge in [0, 0.05) is 44.2 Å². The number of H-pyrrole nitrogens is 4. The molecule has 5 aliphatic rings. The third-order valence-electron chi connectivity index (χ3n) is 15.5. The second-order valence-corrected chi connectivity index (χ2v) is 18.7. The van der Waals surface area contributed by atoms with Crippen LogP contribution < -0.4 is 21.4 Å². The van der Waals surface area contributed by atoms with Crippen LogP contribution in [-0.4, -0.2) is 19.9 Å². The molecule has 0 radical (unpaired) electrons. The fraction of sp³-hybridized carbons (Fsp3) is 0.615. The topological polar surface area (TPSA) is 63.2 Å². The lowest BCUT2D eigenvalue weighted by molar-refractivity contribution is 0.440. The van der Waals surface area contributed by atoms with E-state index >= 15 is 0 Å². The zero-order valence-corrected chi connectivity index (χ0v) is 35.6. The van der Waals surface area contributed by atoms with Crippen molar-refractivity contribution < 1.29 is 0 Å². The first kappa shape index (κ1) is 38.1. The third kappa shape index (κ3) is 7.08. The second kappa shape index (κ2) is 16.8. The van der Waals surface area contributed by atoms with Crippen LogP contribution in [-0.2, 0) is 25.7 Å². The van der Waals surface area contributed by atoms with Gasteiger partial charge in [-0.25, -0.2) is 0 Å². The first-order valence-corrected chi connectivity index (χ1v) is 24.0. The number of nitrogens with one attached hydrogen (secondary N) is 4. The predicted octanol–water partition coefficient (Wildman–Crippen LogP) is 11.1. The molecule has 4 heteroatoms. The van der Waals surface area contributed by atoms with E-state index in [4.69, 9.17) is 0 Å². The van der Waals surface area contributed by atoms with E-state index in [-0.39, 0.29) is 0 Å². The molecule has 9 rings (SSSR count). The highest BCUT2D eigenvalue weighted by atomic mass is 14.8. The van der Waals surface area contributed by atoms with E-state index in [1.165, 1.54) is 173 Å². The van der Waals surface area contributed by atoms with Crippen LogP contribution in [0.3, 0.4) is 0 Å². The van der Waals surface area contributed by atoms with Gasteiger partial charge < -0.3 is 19.9 Å². The number of hydrogen-bond donors (Lipinski definition) is 4. The molecule has 0 aromatic carbocycles. The van der Waals surface area contributed by atoms with Crippen molar-refractivity contribution in [1.29, 1.82) is 0 Å². The Kier molecular flexibility index (Phi) is 11.5. The summed E-state index contributed by atoms with van der Waals surface area (Å²) in [6.45, 7) is 9.64. The standard InChI is InChI=1S/C52H72N4/c1-5-37-41-29-46-50(34-23-15-10-16-24-34)39(7-3)43(54-46)31-48-52(36-27-19-12-20-28-36)40(8-4)44(56-48)32-47-51(35-25-17-11-18-26-35)38(6-2)42(55-47)30-45(53-41)49(37)33-21-13-9-14-22-33/h29-36,53-56H,5-28H2,1-4H3. The van der Waals surface area contributed by atoms with Gasteiger partial charge >= 0.3 is 0 Å². The molecule has 4 N–H and O–H groups in total. The molecule has 4 fully saturated rings. The summed E-state index contributed by atoms with van der Waals surface area (Å²) in [7, 11) is 0. The van der Waals surface area contributed by atoms with Crippen molar-refractivity contribution in [3.05, 3.63) is 88.7 Å². The predicted molar refractivity (Wildman–Crippen MR) is 237 cm³/mol. The Bertz CT molecular complexity index is 2080. The smallest absolute Gasteiger partial charge is 0.0444 e. The molecule has 0 spiro atoms. The Labute approximate surface area is 337 Å². The fourth-order valence-corrected chi connectivity index (χ4v) is 12.9. The molecule has 0 saturated heterocycles. The zero-order valence-electron chi connectivity index (χ0n) is 35.6. The maximum absolute atomic E-state index is 4.19. The van der Waals surface area contributed by atoms with Crippen molar-refractivity contribution >= 4 is 24.3 Å². The quantitative estimate of drug-likeness (QED) is 0.122. The van der Waals surface area contributed by atoms with E-state index in [1.54, 1.807) is 44.5 Å². The van der Waals surface area contributed by atoms with Gasteiger partial charge in [-0.15, -0.1) is 0 Å². The van der Waals surface area contributed by atoms with Gasteiger partial charge in [-0.2, -0.15) is 0 Å². The van der Waals surface area contributed by atoms with Gasteiger partial charge in [-0.05, 0) is 170 Å². The molecule has 4 aromatic heterocycles. The SMILES string of the molecule is CCc1c2[nH]c(c1C1CCCCC1)C=c1[nH]c(c(C3CCCCC3)c1CC)=Cc1[nH]c(c(C3CCCCC3)c1CC)C=c1[nH]c(c(C3CCCCC3)c1CC)=C2. The highest BCUT2D eigenvalue weighted by Crippen LogP contribution is 2.41. The molecule has 4 saturated carbocycles. The highest BCUT2D eigenvalue weighted by molar-refractivity contribution is 5.67. The molecule has 0 atom stereocenters. The van der Waals surface area contributed by atoms with Crippen LogP contribution in [0.25, 0.3) is 24.3 Å². The van der Waals surface area contributed by atoms with Gasteiger partial charge in [0.15, 0.2) is 0 Å². The van der Waals surface area contributed by atoms with Crippen molar-refractivity contribution in [2.45, 2.75) is 205 Å². The molecule has 4 aliphatic carbocycles. The minimum absolute atomic E-state index is 0.633. The number of hydrogen-bond acceptors (Lipinski definition) is 0. The Hall–Kier alpha value is -3.40. The van der Waals surface area contributed by atoms with Crippen LogP contribution in [0.5, 0.6) is 0 Å². The first-order chi connectivity index (χ1) is 27.6. The summed E-state index contributed by atoms with van der Waals surface area (Å²) in [5.74, 6) is 2.53. The maximum Gasteiger partial charge on any atom is 0.0444 e. The molecule has 56 heavy (non-hydrogen) atoms. The van der Waals surface area contributed by atoms with Crippen LogP contribution in [0.2, 0.25) is 0 Å². The summed E-state index contributed by atoms with van der Waals surface area (Å²) in [5, 5.41) is 5.44. The lowest BCUT2D eigenvalue weighted by Gasteiger charge is -2.23. The highest BCUT2D eigenvalue weighted by Gasteiger charge is 2.29. The zero-order chi connectivity index (χ0) is 38.2. The maximum atomic E-state index is 4.19. The Morgan fingerprint density at radius 3 is 0.911 bits per heavy atom. The average Bonchev–Trinajstić information content (AvgIpc) is 3.98. The fourth-order valence-electron chi connectivity index (χ4n) is 12.9. The molecule has 300 valence electrons. The van der Waals surface area contributed by atoms with Crippen LogP contribution >= 0.6 is 0 Å². The molecule has 5 heterocycles. The summed E-state index contributed by atoms with van der Waals surface area (Å²) in [6, 6.07) is 0. The molecular formula is C52H72N4. The average molecular weight is 753 g/mol. The summed E-state index contributed by atoms with van der Waals surface area (Å²) in [5.41, 5.74) is 18.2. The number of rotatable bonds is 8. The van der Waals surface area contributed by atoms with Gasteiger partial charge in [0.25, 0.3) is 0 Å². The van der Waals surface area contributed by atoms with E-state index in [2.05, 4.69) is 71.9 Å². The Balaban J connectivity index is 1.40. The summed E-state index contributed by atoms with van der Waals surface area (Å²) in [6.07, 6.45) is 41.5. The molecule has 4 aromatic rings. The molecule has 0 unspecified atom stereocenters. The van der Waals surface area contributed by atoms with E-state index in [1.807, 2.05) is 0 Å². The monoisotopic (exact) mass is 753 g/mol. The van der Waals surface area contributed by atoms with Gasteiger partial charge in [0.05, 0.1) is 0 Å². The lowest BCUT2D eigenvalue weighted by atomic mass is 9.80. The lowest BCUT2D eigenvalue weighted by Crippen LogP contribution is -2.17. The van der Waals surface area contributed by atoms with Crippen LogP contribution in [0, 0.1) is 0 Å².